The molecule has 0 radical (unpaired) electrons. The number of hydrogen-bond acceptors (Lipinski definition) is 3. The van der Waals surface area contributed by atoms with Crippen LogP contribution in [-0.2, 0) is 4.79 Å². The molecule has 2 rings (SSSR count). The van der Waals surface area contributed by atoms with E-state index in [1.807, 2.05) is 43.1 Å². The molecule has 1 unspecified atom stereocenters. The van der Waals surface area contributed by atoms with Gasteiger partial charge in [0.25, 0.3) is 0 Å². The van der Waals surface area contributed by atoms with Crippen molar-refractivity contribution in [2.75, 3.05) is 27.2 Å². The van der Waals surface area contributed by atoms with Gasteiger partial charge in [-0.1, -0.05) is 12.1 Å². The van der Waals surface area contributed by atoms with Crippen LogP contribution in [0.5, 0.6) is 5.75 Å². The Morgan fingerprint density at radius 1 is 1.38 bits per heavy atom. The normalized spacial score (nSPS) is 17.0. The summed E-state index contributed by atoms with van der Waals surface area (Å²) in [5.74, 6) is 0.903. The van der Waals surface area contributed by atoms with Crippen molar-refractivity contribution in [2.45, 2.75) is 31.7 Å². The summed E-state index contributed by atoms with van der Waals surface area (Å²) in [6.07, 6.45) is 2.07. The summed E-state index contributed by atoms with van der Waals surface area (Å²) in [5, 5.41) is 3.28. The summed E-state index contributed by atoms with van der Waals surface area (Å²) in [5.41, 5.74) is 1.02. The zero-order chi connectivity index (χ0) is 14.5. The van der Waals surface area contributed by atoms with Gasteiger partial charge in [-0.25, -0.2) is 0 Å². The van der Waals surface area contributed by atoms with Crippen LogP contribution < -0.4 is 10.1 Å². The second kappa shape index (κ2) is 8.25. The summed E-state index contributed by atoms with van der Waals surface area (Å²) in [6.45, 7) is 3.67. The lowest BCUT2D eigenvalue weighted by Crippen LogP contribution is -2.45. The van der Waals surface area contributed by atoms with E-state index in [9.17, 15) is 4.79 Å². The average Bonchev–Trinajstić information content (AvgIpc) is 2.53. The Morgan fingerprint density at radius 3 is 2.62 bits per heavy atom. The number of carbonyl (C=O) groups is 1. The smallest absolute Gasteiger partial charge is 0.229 e. The number of hydrogen-bond donors (Lipinski definition) is 1. The van der Waals surface area contributed by atoms with Crippen molar-refractivity contribution >= 4 is 18.3 Å². The molecule has 5 heteroatoms. The Kier molecular flexibility index (Phi) is 6.99. The summed E-state index contributed by atoms with van der Waals surface area (Å²) in [4.78, 5) is 14.5. The number of ether oxygens (including phenoxy) is 1. The molecule has 1 fully saturated rings. The quantitative estimate of drug-likeness (QED) is 0.928. The molecule has 0 aliphatic carbocycles. The van der Waals surface area contributed by atoms with Gasteiger partial charge in [-0.2, -0.15) is 0 Å². The molecule has 1 heterocycles. The first kappa shape index (κ1) is 17.8. The predicted molar refractivity (Wildman–Crippen MR) is 87.3 cm³/mol. The molecule has 1 atom stereocenters. The van der Waals surface area contributed by atoms with Crippen LogP contribution in [0.25, 0.3) is 0 Å². The lowest BCUT2D eigenvalue weighted by atomic mass is 9.97. The van der Waals surface area contributed by atoms with E-state index in [1.165, 1.54) is 0 Å². The van der Waals surface area contributed by atoms with Crippen molar-refractivity contribution in [1.82, 2.24) is 10.2 Å². The highest BCUT2D eigenvalue weighted by Gasteiger charge is 2.26. The number of halogens is 1. The highest BCUT2D eigenvalue weighted by Crippen LogP contribution is 2.24. The molecule has 21 heavy (non-hydrogen) atoms. The average molecular weight is 313 g/mol. The first-order valence-corrected chi connectivity index (χ1v) is 7.25. The van der Waals surface area contributed by atoms with Crippen molar-refractivity contribution in [2.24, 2.45) is 0 Å². The van der Waals surface area contributed by atoms with Crippen LogP contribution in [0.2, 0.25) is 0 Å². The second-order valence-electron chi connectivity index (χ2n) is 5.39. The van der Waals surface area contributed by atoms with Gasteiger partial charge in [-0.3, -0.25) is 4.79 Å². The molecule has 0 aromatic heterocycles. The van der Waals surface area contributed by atoms with Gasteiger partial charge >= 0.3 is 0 Å². The molecular formula is C16H25ClN2O2. The molecule has 1 amide bonds. The fourth-order valence-electron chi connectivity index (χ4n) is 2.72. The lowest BCUT2D eigenvalue weighted by molar-refractivity contribution is -0.133. The maximum atomic E-state index is 12.6. The van der Waals surface area contributed by atoms with Crippen LogP contribution in [0, 0.1) is 0 Å². The van der Waals surface area contributed by atoms with Gasteiger partial charge in [0.2, 0.25) is 5.91 Å². The fourth-order valence-corrected chi connectivity index (χ4v) is 2.72. The van der Waals surface area contributed by atoms with Crippen molar-refractivity contribution in [1.29, 1.82) is 0 Å². The molecular weight excluding hydrogens is 288 g/mol. The molecule has 0 spiro atoms. The predicted octanol–water partition coefficient (Wildman–Crippen LogP) is 2.43. The van der Waals surface area contributed by atoms with Gasteiger partial charge in [-0.15, -0.1) is 12.4 Å². The van der Waals surface area contributed by atoms with Crippen molar-refractivity contribution in [3.63, 3.8) is 0 Å². The topological polar surface area (TPSA) is 41.6 Å². The van der Waals surface area contributed by atoms with E-state index in [2.05, 4.69) is 5.32 Å². The van der Waals surface area contributed by atoms with Crippen molar-refractivity contribution in [3.8, 4) is 5.75 Å². The number of likely N-dealkylation sites (tertiary alicyclic amines) is 1. The number of methoxy groups -OCH3 is 1. The minimum atomic E-state index is -0.115. The third-order valence-electron chi connectivity index (χ3n) is 4.18. The monoisotopic (exact) mass is 312 g/mol. The standard InChI is InChI=1S/C16H24N2O2.ClH/c1-12(13-5-4-6-15(11-13)20-3)16(19)18-9-7-14(17-2)8-10-18;/h4-6,11-12,14,17H,7-10H2,1-3H3;1H. The van der Waals surface area contributed by atoms with Crippen LogP contribution in [-0.4, -0.2) is 44.1 Å². The summed E-state index contributed by atoms with van der Waals surface area (Å²) < 4.78 is 5.23. The van der Waals surface area contributed by atoms with E-state index in [4.69, 9.17) is 4.74 Å². The highest BCUT2D eigenvalue weighted by atomic mass is 35.5. The third kappa shape index (κ3) is 4.35. The number of benzene rings is 1. The molecule has 1 saturated heterocycles. The van der Waals surface area contributed by atoms with Gasteiger partial charge in [0.15, 0.2) is 0 Å². The van der Waals surface area contributed by atoms with Gasteiger partial charge in [-0.05, 0) is 44.5 Å². The first-order chi connectivity index (χ1) is 9.65. The highest BCUT2D eigenvalue weighted by molar-refractivity contribution is 5.85. The van der Waals surface area contributed by atoms with Gasteiger partial charge < -0.3 is 15.0 Å². The van der Waals surface area contributed by atoms with Gasteiger partial charge in [0.1, 0.15) is 5.75 Å². The largest absolute Gasteiger partial charge is 0.497 e. The number of piperidine rings is 1. The minimum absolute atomic E-state index is 0. The second-order valence-corrected chi connectivity index (χ2v) is 5.39. The van der Waals surface area contributed by atoms with Crippen molar-refractivity contribution in [3.05, 3.63) is 29.8 Å². The van der Waals surface area contributed by atoms with Crippen molar-refractivity contribution < 1.29 is 9.53 Å². The molecule has 1 N–H and O–H groups in total. The van der Waals surface area contributed by atoms with E-state index in [-0.39, 0.29) is 24.2 Å². The molecule has 118 valence electrons. The third-order valence-corrected chi connectivity index (χ3v) is 4.18. The number of nitrogens with zero attached hydrogens (tertiary/aromatic N) is 1. The molecule has 1 aromatic rings. The van der Waals surface area contributed by atoms with E-state index < -0.39 is 0 Å². The van der Waals surface area contributed by atoms with Crippen LogP contribution in [0.1, 0.15) is 31.2 Å². The summed E-state index contributed by atoms with van der Waals surface area (Å²) >= 11 is 0. The van der Waals surface area contributed by atoms with Crippen LogP contribution in [0.3, 0.4) is 0 Å². The van der Waals surface area contributed by atoms with E-state index in [1.54, 1.807) is 7.11 Å². The number of amides is 1. The Hall–Kier alpha value is -1.26. The van der Waals surface area contributed by atoms with E-state index >= 15 is 0 Å². The van der Waals surface area contributed by atoms with Gasteiger partial charge in [0, 0.05) is 19.1 Å². The zero-order valence-corrected chi connectivity index (χ0v) is 13.8. The Bertz CT molecular complexity index is 459. The molecule has 0 saturated carbocycles. The maximum Gasteiger partial charge on any atom is 0.229 e. The Balaban J connectivity index is 0.00000220. The molecule has 4 nitrogen and oxygen atoms in total. The van der Waals surface area contributed by atoms with Gasteiger partial charge in [0.05, 0.1) is 13.0 Å². The Labute approximate surface area is 133 Å². The Morgan fingerprint density at radius 2 is 2.05 bits per heavy atom. The minimum Gasteiger partial charge on any atom is -0.497 e. The summed E-state index contributed by atoms with van der Waals surface area (Å²) in [7, 11) is 3.63. The first-order valence-electron chi connectivity index (χ1n) is 7.25. The zero-order valence-electron chi connectivity index (χ0n) is 13.0. The molecule has 0 bridgehead atoms. The molecule has 1 aliphatic heterocycles. The van der Waals surface area contributed by atoms with Crippen LogP contribution in [0.15, 0.2) is 24.3 Å². The van der Waals surface area contributed by atoms with E-state index in [0.29, 0.717) is 6.04 Å². The molecule has 1 aliphatic rings. The number of carbonyl (C=O) groups excluding carboxylic acids is 1. The maximum absolute atomic E-state index is 12.6. The van der Waals surface area contributed by atoms with Crippen LogP contribution >= 0.6 is 12.4 Å². The van der Waals surface area contributed by atoms with Crippen LogP contribution in [0.4, 0.5) is 0 Å². The molecule has 1 aromatic carbocycles. The number of rotatable bonds is 4. The van der Waals surface area contributed by atoms with E-state index in [0.717, 1.165) is 37.2 Å². The lowest BCUT2D eigenvalue weighted by Gasteiger charge is -2.33. The number of nitrogens with one attached hydrogen (secondary N) is 1. The fraction of sp³-hybridized carbons (Fsp3) is 0.562. The summed E-state index contributed by atoms with van der Waals surface area (Å²) in [6, 6.07) is 8.32. The SMILES string of the molecule is CNC1CCN(C(=O)C(C)c2cccc(OC)c2)CC1.Cl.